The number of fused-ring (bicyclic) bond motifs is 1. The highest BCUT2D eigenvalue weighted by Gasteiger charge is 2.20. The third-order valence-electron chi connectivity index (χ3n) is 4.48. The van der Waals surface area contributed by atoms with Crippen molar-refractivity contribution >= 4 is 23.1 Å². The highest BCUT2D eigenvalue weighted by molar-refractivity contribution is 6.30. The predicted octanol–water partition coefficient (Wildman–Crippen LogP) is 4.27. The normalized spacial score (nSPS) is 14.8. The number of hydrogen-bond acceptors (Lipinski definition) is 3. The van der Waals surface area contributed by atoms with Gasteiger partial charge in [-0.25, -0.2) is 4.98 Å². The van der Waals surface area contributed by atoms with Gasteiger partial charge >= 0.3 is 0 Å². The molecule has 118 valence electrons. The predicted molar refractivity (Wildman–Crippen MR) is 94.4 cm³/mol. The van der Waals surface area contributed by atoms with Crippen LogP contribution < -0.4 is 4.90 Å². The minimum Gasteiger partial charge on any atom is -0.356 e. The molecule has 4 nitrogen and oxygen atoms in total. The van der Waals surface area contributed by atoms with Crippen LogP contribution in [0, 0.1) is 13.8 Å². The molecule has 1 aliphatic rings. The van der Waals surface area contributed by atoms with Crippen molar-refractivity contribution in [2.24, 2.45) is 0 Å². The van der Waals surface area contributed by atoms with Crippen LogP contribution in [0.25, 0.3) is 16.9 Å². The molecule has 5 heteroatoms. The third-order valence-corrected chi connectivity index (χ3v) is 4.73. The Morgan fingerprint density at radius 2 is 1.74 bits per heavy atom. The van der Waals surface area contributed by atoms with Crippen molar-refractivity contribution < 1.29 is 0 Å². The largest absolute Gasteiger partial charge is 0.356 e. The quantitative estimate of drug-likeness (QED) is 0.705. The van der Waals surface area contributed by atoms with Crippen LogP contribution in [0.4, 0.5) is 5.82 Å². The number of aromatic nitrogens is 3. The molecule has 0 atom stereocenters. The minimum absolute atomic E-state index is 0.738. The molecule has 1 fully saturated rings. The van der Waals surface area contributed by atoms with Crippen LogP contribution in [0.2, 0.25) is 5.02 Å². The van der Waals surface area contributed by atoms with Gasteiger partial charge in [0.1, 0.15) is 5.82 Å². The third kappa shape index (κ3) is 2.47. The van der Waals surface area contributed by atoms with Crippen LogP contribution in [0.1, 0.15) is 24.1 Å². The molecule has 0 amide bonds. The van der Waals surface area contributed by atoms with Crippen LogP contribution in [-0.4, -0.2) is 27.7 Å². The van der Waals surface area contributed by atoms with Crippen molar-refractivity contribution in [3.05, 3.63) is 46.6 Å². The van der Waals surface area contributed by atoms with Gasteiger partial charge in [-0.2, -0.15) is 9.61 Å². The second-order valence-electron chi connectivity index (χ2n) is 6.17. The maximum absolute atomic E-state index is 6.01. The molecule has 3 heterocycles. The molecule has 1 aromatic carbocycles. The zero-order chi connectivity index (χ0) is 16.0. The highest BCUT2D eigenvalue weighted by Crippen LogP contribution is 2.29. The van der Waals surface area contributed by atoms with Gasteiger partial charge in [0.05, 0.1) is 5.69 Å². The molecular formula is C18H19ClN4. The van der Waals surface area contributed by atoms with E-state index in [4.69, 9.17) is 21.7 Å². The molecule has 1 saturated heterocycles. The molecule has 0 unspecified atom stereocenters. The summed E-state index contributed by atoms with van der Waals surface area (Å²) in [5, 5.41) is 5.61. The first-order valence-corrected chi connectivity index (χ1v) is 8.39. The summed E-state index contributed by atoms with van der Waals surface area (Å²) in [6.07, 6.45) is 2.49. The second kappa shape index (κ2) is 5.53. The fourth-order valence-corrected chi connectivity index (χ4v) is 3.40. The van der Waals surface area contributed by atoms with E-state index in [1.165, 1.54) is 12.8 Å². The number of hydrogen-bond donors (Lipinski definition) is 0. The van der Waals surface area contributed by atoms with Gasteiger partial charge in [0.25, 0.3) is 0 Å². The highest BCUT2D eigenvalue weighted by atomic mass is 35.5. The summed E-state index contributed by atoms with van der Waals surface area (Å²) in [5.41, 5.74) is 5.13. The van der Waals surface area contributed by atoms with Gasteiger partial charge in [-0.15, -0.1) is 0 Å². The smallest absolute Gasteiger partial charge is 0.161 e. The molecule has 2 aromatic heterocycles. The fourth-order valence-electron chi connectivity index (χ4n) is 3.28. The maximum atomic E-state index is 6.01. The standard InChI is InChI=1S/C18H19ClN4/c1-12-11-16(22-9-3-4-10-22)23-18(20-12)13(2)17(21-23)14-5-7-15(19)8-6-14/h5-8,11H,3-4,9-10H2,1-2H3. The molecular weight excluding hydrogens is 308 g/mol. The molecule has 1 aliphatic heterocycles. The Labute approximate surface area is 140 Å². The Morgan fingerprint density at radius 3 is 2.43 bits per heavy atom. The van der Waals surface area contributed by atoms with E-state index >= 15 is 0 Å². The SMILES string of the molecule is Cc1cc(N2CCCC2)n2nc(-c3ccc(Cl)cc3)c(C)c2n1. The molecule has 23 heavy (non-hydrogen) atoms. The zero-order valence-corrected chi connectivity index (χ0v) is 14.1. The van der Waals surface area contributed by atoms with Gasteiger partial charge in [-0.3, -0.25) is 0 Å². The van der Waals surface area contributed by atoms with E-state index in [1.807, 2.05) is 35.7 Å². The lowest BCUT2D eigenvalue weighted by Gasteiger charge is -2.18. The van der Waals surface area contributed by atoms with E-state index in [0.717, 1.165) is 52.1 Å². The maximum Gasteiger partial charge on any atom is 0.161 e. The number of aryl methyl sites for hydroxylation is 2. The van der Waals surface area contributed by atoms with Gasteiger partial charge < -0.3 is 4.90 Å². The minimum atomic E-state index is 0.738. The van der Waals surface area contributed by atoms with E-state index in [2.05, 4.69) is 17.9 Å². The number of rotatable bonds is 2. The first kappa shape index (κ1) is 14.5. The van der Waals surface area contributed by atoms with Crippen LogP contribution in [0.15, 0.2) is 30.3 Å². The van der Waals surface area contributed by atoms with E-state index in [1.54, 1.807) is 0 Å². The lowest BCUT2D eigenvalue weighted by molar-refractivity contribution is 0.847. The Bertz CT molecular complexity index is 861. The molecule has 0 aliphatic carbocycles. The van der Waals surface area contributed by atoms with Crippen molar-refractivity contribution in [1.29, 1.82) is 0 Å². The summed E-state index contributed by atoms with van der Waals surface area (Å²) in [7, 11) is 0. The van der Waals surface area contributed by atoms with Crippen LogP contribution in [0.3, 0.4) is 0 Å². The second-order valence-corrected chi connectivity index (χ2v) is 6.60. The summed E-state index contributed by atoms with van der Waals surface area (Å²) in [5.74, 6) is 1.15. The van der Waals surface area contributed by atoms with Gasteiger partial charge in [-0.05, 0) is 38.8 Å². The fraction of sp³-hybridized carbons (Fsp3) is 0.333. The van der Waals surface area contributed by atoms with Gasteiger partial charge in [-0.1, -0.05) is 23.7 Å². The molecule has 0 bridgehead atoms. The Morgan fingerprint density at radius 1 is 1.04 bits per heavy atom. The van der Waals surface area contributed by atoms with Gasteiger partial charge in [0.2, 0.25) is 0 Å². The molecule has 3 aromatic rings. The molecule has 0 saturated carbocycles. The number of benzene rings is 1. The summed E-state index contributed by atoms with van der Waals surface area (Å²) in [4.78, 5) is 7.12. The first-order valence-electron chi connectivity index (χ1n) is 8.01. The van der Waals surface area contributed by atoms with Crippen molar-refractivity contribution in [3.8, 4) is 11.3 Å². The number of nitrogens with zero attached hydrogens (tertiary/aromatic N) is 4. The summed E-state index contributed by atoms with van der Waals surface area (Å²) >= 11 is 6.01. The molecule has 0 spiro atoms. The van der Waals surface area contributed by atoms with Crippen LogP contribution >= 0.6 is 11.6 Å². The van der Waals surface area contributed by atoms with E-state index in [0.29, 0.717) is 0 Å². The summed E-state index contributed by atoms with van der Waals surface area (Å²) in [6.45, 7) is 6.32. The molecule has 0 N–H and O–H groups in total. The van der Waals surface area contributed by atoms with Crippen molar-refractivity contribution in [2.45, 2.75) is 26.7 Å². The van der Waals surface area contributed by atoms with Crippen molar-refractivity contribution in [3.63, 3.8) is 0 Å². The van der Waals surface area contributed by atoms with Crippen LogP contribution in [-0.2, 0) is 0 Å². The Balaban J connectivity index is 1.92. The summed E-state index contributed by atoms with van der Waals surface area (Å²) in [6, 6.07) is 9.97. The van der Waals surface area contributed by atoms with E-state index < -0.39 is 0 Å². The number of halogens is 1. The van der Waals surface area contributed by atoms with Crippen LogP contribution in [0.5, 0.6) is 0 Å². The molecule has 0 radical (unpaired) electrons. The van der Waals surface area contributed by atoms with E-state index in [9.17, 15) is 0 Å². The Hall–Kier alpha value is -2.07. The summed E-state index contributed by atoms with van der Waals surface area (Å²) < 4.78 is 2.00. The van der Waals surface area contributed by atoms with Crippen molar-refractivity contribution in [2.75, 3.05) is 18.0 Å². The first-order chi connectivity index (χ1) is 11.1. The van der Waals surface area contributed by atoms with Gasteiger partial charge in [0, 0.05) is 41.0 Å². The lowest BCUT2D eigenvalue weighted by Crippen LogP contribution is -2.21. The van der Waals surface area contributed by atoms with Gasteiger partial charge in [0.15, 0.2) is 5.65 Å². The van der Waals surface area contributed by atoms with E-state index in [-0.39, 0.29) is 0 Å². The average molecular weight is 327 g/mol. The monoisotopic (exact) mass is 326 g/mol. The zero-order valence-electron chi connectivity index (χ0n) is 13.4. The lowest BCUT2D eigenvalue weighted by atomic mass is 10.1. The topological polar surface area (TPSA) is 33.4 Å². The average Bonchev–Trinajstić information content (AvgIpc) is 3.17. The molecule has 4 rings (SSSR count). The Kier molecular flexibility index (Phi) is 3.49. The van der Waals surface area contributed by atoms with Crippen molar-refractivity contribution in [1.82, 2.24) is 14.6 Å². The number of anilines is 1.